The second kappa shape index (κ2) is 7.46. The number of thiazole rings is 1. The van der Waals surface area contributed by atoms with Crippen LogP contribution < -0.4 is 9.54 Å². The summed E-state index contributed by atoms with van der Waals surface area (Å²) in [4.78, 5) is 17.1. The number of methoxy groups -OCH3 is 1. The smallest absolute Gasteiger partial charge is 0.315 e. The minimum atomic E-state index is -0.407. The van der Waals surface area contributed by atoms with E-state index in [2.05, 4.69) is 4.99 Å². The van der Waals surface area contributed by atoms with E-state index in [0.29, 0.717) is 24.6 Å². The van der Waals surface area contributed by atoms with Crippen molar-refractivity contribution in [1.82, 2.24) is 4.57 Å². The fraction of sp³-hybridized carbons (Fsp3) is 0.294. The molecule has 0 aliphatic carbocycles. The summed E-state index contributed by atoms with van der Waals surface area (Å²) in [6, 6.07) is 9.11. The number of amides is 1. The number of carbonyl (C=O) groups excluding carboxylic acids is 1. The van der Waals surface area contributed by atoms with E-state index >= 15 is 0 Å². The monoisotopic (exact) mass is 346 g/mol. The number of furan rings is 1. The number of benzene rings is 1. The van der Waals surface area contributed by atoms with Crippen LogP contribution in [0, 0.1) is 0 Å². The Morgan fingerprint density at radius 2 is 2.21 bits per heavy atom. The third kappa shape index (κ3) is 3.27. The number of aromatic nitrogens is 1. The first-order chi connectivity index (χ1) is 11.7. The lowest BCUT2D eigenvalue weighted by Gasteiger charge is -2.09. The number of para-hydroxylation sites is 1. The Kier molecular flexibility index (Phi) is 5.12. The third-order valence-electron chi connectivity index (χ3n) is 3.41. The molecule has 0 atom stereocenters. The van der Waals surface area contributed by atoms with E-state index in [1.54, 1.807) is 19.2 Å². The fourth-order valence-electron chi connectivity index (χ4n) is 2.39. The van der Waals surface area contributed by atoms with Gasteiger partial charge in [-0.3, -0.25) is 4.79 Å². The Balaban J connectivity index is 2.16. The maximum absolute atomic E-state index is 12.3. The van der Waals surface area contributed by atoms with Gasteiger partial charge in [0.15, 0.2) is 10.6 Å². The second-order valence-corrected chi connectivity index (χ2v) is 5.97. The largest absolute Gasteiger partial charge is 0.492 e. The van der Waals surface area contributed by atoms with E-state index in [-0.39, 0.29) is 5.76 Å². The Labute approximate surface area is 143 Å². The second-order valence-electron chi connectivity index (χ2n) is 4.96. The van der Waals surface area contributed by atoms with Crippen LogP contribution in [0.5, 0.6) is 5.75 Å². The molecule has 3 rings (SSSR count). The molecular weight excluding hydrogens is 328 g/mol. The maximum Gasteiger partial charge on any atom is 0.315 e. The van der Waals surface area contributed by atoms with Gasteiger partial charge in [0.25, 0.3) is 0 Å². The van der Waals surface area contributed by atoms with Gasteiger partial charge in [-0.1, -0.05) is 17.4 Å². The van der Waals surface area contributed by atoms with Crippen LogP contribution in [0.25, 0.3) is 10.2 Å². The van der Waals surface area contributed by atoms with Gasteiger partial charge >= 0.3 is 5.91 Å². The molecule has 0 saturated heterocycles. The van der Waals surface area contributed by atoms with Crippen LogP contribution in [0.1, 0.15) is 17.5 Å². The quantitative estimate of drug-likeness (QED) is 0.688. The lowest BCUT2D eigenvalue weighted by molar-refractivity contribution is 0.0971. The molecule has 24 heavy (non-hydrogen) atoms. The highest BCUT2D eigenvalue weighted by Crippen LogP contribution is 2.27. The minimum Gasteiger partial charge on any atom is -0.492 e. The zero-order valence-corrected chi connectivity index (χ0v) is 14.3. The van der Waals surface area contributed by atoms with Crippen molar-refractivity contribution >= 4 is 27.5 Å². The first kappa shape index (κ1) is 16.5. The highest BCUT2D eigenvalue weighted by molar-refractivity contribution is 7.16. The van der Waals surface area contributed by atoms with Gasteiger partial charge < -0.3 is 18.5 Å². The summed E-state index contributed by atoms with van der Waals surface area (Å²) in [6.45, 7) is 3.59. The van der Waals surface area contributed by atoms with Gasteiger partial charge in [0.1, 0.15) is 11.3 Å². The summed E-state index contributed by atoms with van der Waals surface area (Å²) in [5.74, 6) is 0.584. The van der Waals surface area contributed by atoms with Gasteiger partial charge in [-0.25, -0.2) is 0 Å². The summed E-state index contributed by atoms with van der Waals surface area (Å²) in [5, 5.41) is 0. The molecule has 1 aromatic carbocycles. The average Bonchev–Trinajstić information content (AvgIpc) is 3.21. The molecule has 6 nitrogen and oxygen atoms in total. The molecular formula is C17H18N2O4S. The van der Waals surface area contributed by atoms with Crippen molar-refractivity contribution in [3.8, 4) is 5.75 Å². The summed E-state index contributed by atoms with van der Waals surface area (Å²) in [7, 11) is 1.64. The number of rotatable bonds is 6. The highest BCUT2D eigenvalue weighted by atomic mass is 32.1. The molecule has 0 N–H and O–H groups in total. The Morgan fingerprint density at radius 1 is 1.33 bits per heavy atom. The Hall–Kier alpha value is -2.38. The van der Waals surface area contributed by atoms with Gasteiger partial charge in [-0.15, -0.1) is 0 Å². The van der Waals surface area contributed by atoms with Crippen LogP contribution in [0.15, 0.2) is 46.0 Å². The summed E-state index contributed by atoms with van der Waals surface area (Å²) < 4.78 is 19.0. The number of fused-ring (bicyclic) bond motifs is 1. The van der Waals surface area contributed by atoms with Gasteiger partial charge in [0, 0.05) is 13.7 Å². The number of nitrogens with zero attached hydrogens (tertiary/aromatic N) is 2. The first-order valence-electron chi connectivity index (χ1n) is 7.61. The average molecular weight is 346 g/mol. The molecule has 0 aliphatic rings. The van der Waals surface area contributed by atoms with Crippen molar-refractivity contribution in [2.24, 2.45) is 4.99 Å². The predicted molar refractivity (Wildman–Crippen MR) is 91.5 cm³/mol. The van der Waals surface area contributed by atoms with Crippen molar-refractivity contribution < 1.29 is 18.7 Å². The number of ether oxygens (including phenoxy) is 2. The number of hydrogen-bond donors (Lipinski definition) is 0. The van der Waals surface area contributed by atoms with Gasteiger partial charge in [0.2, 0.25) is 0 Å². The van der Waals surface area contributed by atoms with E-state index in [4.69, 9.17) is 13.9 Å². The van der Waals surface area contributed by atoms with E-state index in [0.717, 1.165) is 16.0 Å². The summed E-state index contributed by atoms with van der Waals surface area (Å²) in [6.07, 6.45) is 1.46. The molecule has 0 saturated carbocycles. The minimum absolute atomic E-state index is 0.218. The van der Waals surface area contributed by atoms with Gasteiger partial charge in [-0.05, 0) is 31.2 Å². The normalized spacial score (nSPS) is 12.0. The standard InChI is InChI=1S/C17H18N2O4S/c1-3-22-12-6-4-8-14-15(12)19(9-11-21-2)17(24-14)18-16(20)13-7-5-10-23-13/h4-8,10H,3,9,11H2,1-2H3. The van der Waals surface area contributed by atoms with Gasteiger partial charge in [0.05, 0.1) is 24.2 Å². The SMILES string of the molecule is CCOc1cccc2sc(=NC(=O)c3ccco3)n(CCOC)c12. The van der Waals surface area contributed by atoms with E-state index in [1.165, 1.54) is 17.6 Å². The molecule has 0 fully saturated rings. The molecule has 0 aliphatic heterocycles. The zero-order valence-electron chi connectivity index (χ0n) is 13.5. The lowest BCUT2D eigenvalue weighted by atomic mass is 10.3. The Bertz CT molecular complexity index is 893. The van der Waals surface area contributed by atoms with Crippen molar-refractivity contribution in [2.45, 2.75) is 13.5 Å². The molecule has 0 radical (unpaired) electrons. The molecule has 0 bridgehead atoms. The molecule has 1 amide bonds. The van der Waals surface area contributed by atoms with Crippen LogP contribution in [0.2, 0.25) is 0 Å². The van der Waals surface area contributed by atoms with Crippen LogP contribution in [-0.2, 0) is 11.3 Å². The lowest BCUT2D eigenvalue weighted by Crippen LogP contribution is -2.19. The molecule has 0 unspecified atom stereocenters. The summed E-state index contributed by atoms with van der Waals surface area (Å²) >= 11 is 1.44. The zero-order chi connectivity index (χ0) is 16.9. The Morgan fingerprint density at radius 3 is 2.92 bits per heavy atom. The van der Waals surface area contributed by atoms with Crippen LogP contribution >= 0.6 is 11.3 Å². The van der Waals surface area contributed by atoms with E-state index in [1.807, 2.05) is 29.7 Å². The molecule has 2 heterocycles. The summed E-state index contributed by atoms with van der Waals surface area (Å²) in [5.41, 5.74) is 0.924. The topological polar surface area (TPSA) is 66.0 Å². The molecule has 7 heteroatoms. The van der Waals surface area contributed by atoms with Crippen molar-refractivity contribution in [3.05, 3.63) is 47.2 Å². The van der Waals surface area contributed by atoms with E-state index in [9.17, 15) is 4.79 Å². The third-order valence-corrected chi connectivity index (χ3v) is 4.46. The molecule has 126 valence electrons. The highest BCUT2D eigenvalue weighted by Gasteiger charge is 2.14. The molecule has 3 aromatic rings. The first-order valence-corrected chi connectivity index (χ1v) is 8.43. The maximum atomic E-state index is 12.3. The van der Waals surface area contributed by atoms with Crippen LogP contribution in [-0.4, -0.2) is 30.8 Å². The molecule has 0 spiro atoms. The fourth-order valence-corrected chi connectivity index (χ4v) is 3.46. The number of carbonyl (C=O) groups is 1. The predicted octanol–water partition coefficient (Wildman–Crippen LogP) is 3.08. The van der Waals surface area contributed by atoms with Crippen molar-refractivity contribution in [2.75, 3.05) is 20.3 Å². The van der Waals surface area contributed by atoms with Crippen molar-refractivity contribution in [1.29, 1.82) is 0 Å². The van der Waals surface area contributed by atoms with Crippen molar-refractivity contribution in [3.63, 3.8) is 0 Å². The molecule has 2 aromatic heterocycles. The van der Waals surface area contributed by atoms with Crippen LogP contribution in [0.3, 0.4) is 0 Å². The van der Waals surface area contributed by atoms with E-state index < -0.39 is 5.91 Å². The van der Waals surface area contributed by atoms with Gasteiger partial charge in [-0.2, -0.15) is 4.99 Å². The van der Waals surface area contributed by atoms with Crippen LogP contribution in [0.4, 0.5) is 0 Å². The number of hydrogen-bond acceptors (Lipinski definition) is 5.